The number of hydrogen-bond acceptors (Lipinski definition) is 3. The molecule has 2 saturated carbocycles. The Morgan fingerprint density at radius 2 is 2.11 bits per heavy atom. The van der Waals surface area contributed by atoms with Crippen LogP contribution in [-0.4, -0.2) is 27.6 Å². The van der Waals surface area contributed by atoms with E-state index >= 15 is 0 Å². The molecule has 19 heavy (non-hydrogen) atoms. The summed E-state index contributed by atoms with van der Waals surface area (Å²) in [4.78, 5) is 0. The second kappa shape index (κ2) is 5.61. The molecule has 0 aliphatic heterocycles. The number of aryl methyl sites for hydroxylation is 1. The van der Waals surface area contributed by atoms with E-state index in [-0.39, 0.29) is 0 Å². The molecule has 1 aromatic rings. The summed E-state index contributed by atoms with van der Waals surface area (Å²) >= 11 is 0. The maximum atomic E-state index is 4.27. The van der Waals surface area contributed by atoms with Crippen LogP contribution in [0.1, 0.15) is 44.7 Å². The fourth-order valence-corrected chi connectivity index (χ4v) is 3.44. The Hall–Kier alpha value is -0.900. The standard InChI is InChI=1S/C15H26N4/c1-11-3-4-12(9-16-14-5-6-14)13(7-11)8-15-10-19(2)18-17-15/h10-14,16H,3-9H2,1-2H3. The zero-order valence-corrected chi connectivity index (χ0v) is 12.2. The summed E-state index contributed by atoms with van der Waals surface area (Å²) in [5, 5.41) is 12.1. The molecule has 0 aromatic carbocycles. The van der Waals surface area contributed by atoms with Crippen LogP contribution in [-0.2, 0) is 13.5 Å². The first kappa shape index (κ1) is 13.1. The minimum Gasteiger partial charge on any atom is -0.314 e. The fourth-order valence-electron chi connectivity index (χ4n) is 3.44. The van der Waals surface area contributed by atoms with E-state index in [0.717, 1.165) is 35.9 Å². The molecule has 0 amide bonds. The van der Waals surface area contributed by atoms with Crippen molar-refractivity contribution in [3.63, 3.8) is 0 Å². The molecule has 0 bridgehead atoms. The number of aromatic nitrogens is 3. The second-order valence-electron chi connectivity index (χ2n) is 6.71. The van der Waals surface area contributed by atoms with Gasteiger partial charge >= 0.3 is 0 Å². The highest BCUT2D eigenvalue weighted by Gasteiger charge is 2.31. The average molecular weight is 262 g/mol. The van der Waals surface area contributed by atoms with Crippen LogP contribution in [0.4, 0.5) is 0 Å². The third-order valence-corrected chi connectivity index (χ3v) is 4.77. The number of nitrogens with one attached hydrogen (secondary N) is 1. The number of hydrogen-bond donors (Lipinski definition) is 1. The van der Waals surface area contributed by atoms with Crippen LogP contribution in [0.3, 0.4) is 0 Å². The molecule has 3 atom stereocenters. The van der Waals surface area contributed by atoms with E-state index in [1.165, 1.54) is 38.6 Å². The Labute approximate surface area is 116 Å². The maximum Gasteiger partial charge on any atom is 0.0829 e. The van der Waals surface area contributed by atoms with Crippen molar-refractivity contribution in [3.8, 4) is 0 Å². The summed E-state index contributed by atoms with van der Waals surface area (Å²) in [5.74, 6) is 2.49. The minimum atomic E-state index is 0.784. The molecular weight excluding hydrogens is 236 g/mol. The van der Waals surface area contributed by atoms with E-state index in [9.17, 15) is 0 Å². The lowest BCUT2D eigenvalue weighted by atomic mass is 9.73. The second-order valence-corrected chi connectivity index (χ2v) is 6.71. The quantitative estimate of drug-likeness (QED) is 0.884. The first-order valence-electron chi connectivity index (χ1n) is 7.79. The summed E-state index contributed by atoms with van der Waals surface area (Å²) in [7, 11) is 1.95. The van der Waals surface area contributed by atoms with Crippen molar-refractivity contribution in [3.05, 3.63) is 11.9 Å². The van der Waals surface area contributed by atoms with E-state index in [1.54, 1.807) is 0 Å². The highest BCUT2D eigenvalue weighted by atomic mass is 15.4. The lowest BCUT2D eigenvalue weighted by Crippen LogP contribution is -2.34. The molecular formula is C15H26N4. The highest BCUT2D eigenvalue weighted by Crippen LogP contribution is 2.35. The molecule has 106 valence electrons. The van der Waals surface area contributed by atoms with Crippen molar-refractivity contribution in [2.24, 2.45) is 24.8 Å². The van der Waals surface area contributed by atoms with E-state index in [0.29, 0.717) is 0 Å². The highest BCUT2D eigenvalue weighted by molar-refractivity contribution is 4.97. The molecule has 3 rings (SSSR count). The van der Waals surface area contributed by atoms with Crippen LogP contribution in [0.15, 0.2) is 6.20 Å². The van der Waals surface area contributed by atoms with Gasteiger partial charge in [0.2, 0.25) is 0 Å². The summed E-state index contributed by atoms with van der Waals surface area (Å²) in [6.45, 7) is 3.61. The Bertz CT molecular complexity index is 410. The van der Waals surface area contributed by atoms with Crippen molar-refractivity contribution < 1.29 is 0 Å². The average Bonchev–Trinajstić information content (AvgIpc) is 3.12. The van der Waals surface area contributed by atoms with Crippen molar-refractivity contribution >= 4 is 0 Å². The Balaban J connectivity index is 1.59. The molecule has 0 saturated heterocycles. The molecule has 2 aliphatic carbocycles. The molecule has 2 aliphatic rings. The van der Waals surface area contributed by atoms with E-state index in [4.69, 9.17) is 0 Å². The maximum absolute atomic E-state index is 4.27. The van der Waals surface area contributed by atoms with E-state index in [2.05, 4.69) is 28.7 Å². The molecule has 2 fully saturated rings. The van der Waals surface area contributed by atoms with Gasteiger partial charge in [-0.1, -0.05) is 18.6 Å². The lowest BCUT2D eigenvalue weighted by Gasteiger charge is -2.35. The van der Waals surface area contributed by atoms with Crippen molar-refractivity contribution in [1.29, 1.82) is 0 Å². The number of nitrogens with zero attached hydrogens (tertiary/aromatic N) is 3. The van der Waals surface area contributed by atoms with Gasteiger partial charge in [0.05, 0.1) is 5.69 Å². The van der Waals surface area contributed by atoms with Gasteiger partial charge in [-0.05, 0) is 56.4 Å². The Morgan fingerprint density at radius 1 is 1.26 bits per heavy atom. The third kappa shape index (κ3) is 3.56. The van der Waals surface area contributed by atoms with Crippen molar-refractivity contribution in [1.82, 2.24) is 20.3 Å². The first-order chi connectivity index (χ1) is 9.20. The van der Waals surface area contributed by atoms with Crippen molar-refractivity contribution in [2.75, 3.05) is 6.54 Å². The van der Waals surface area contributed by atoms with Crippen LogP contribution in [0, 0.1) is 17.8 Å². The summed E-state index contributed by atoms with van der Waals surface area (Å²) in [6, 6.07) is 0.830. The summed E-state index contributed by atoms with van der Waals surface area (Å²) in [6.07, 6.45) is 10.1. The van der Waals surface area contributed by atoms with Gasteiger partial charge < -0.3 is 5.32 Å². The first-order valence-corrected chi connectivity index (χ1v) is 7.79. The molecule has 4 heteroatoms. The zero-order chi connectivity index (χ0) is 13.2. The molecule has 1 heterocycles. The molecule has 4 nitrogen and oxygen atoms in total. The van der Waals surface area contributed by atoms with Gasteiger partial charge in [0.1, 0.15) is 0 Å². The van der Waals surface area contributed by atoms with Crippen LogP contribution in [0.25, 0.3) is 0 Å². The Kier molecular flexibility index (Phi) is 3.87. The van der Waals surface area contributed by atoms with Crippen molar-refractivity contribution in [2.45, 2.75) is 51.5 Å². The van der Waals surface area contributed by atoms with Gasteiger partial charge in [0.25, 0.3) is 0 Å². The predicted octanol–water partition coefficient (Wildman–Crippen LogP) is 2.16. The van der Waals surface area contributed by atoms with Gasteiger partial charge in [-0.2, -0.15) is 0 Å². The predicted molar refractivity (Wildman–Crippen MR) is 75.7 cm³/mol. The van der Waals surface area contributed by atoms with Crippen LogP contribution in [0.2, 0.25) is 0 Å². The normalized spacial score (nSPS) is 31.6. The van der Waals surface area contributed by atoms with Gasteiger partial charge in [-0.15, -0.1) is 5.10 Å². The molecule has 0 spiro atoms. The lowest BCUT2D eigenvalue weighted by molar-refractivity contribution is 0.182. The van der Waals surface area contributed by atoms with Crippen LogP contribution >= 0.6 is 0 Å². The summed E-state index contributed by atoms with van der Waals surface area (Å²) in [5.41, 5.74) is 1.16. The zero-order valence-electron chi connectivity index (χ0n) is 12.2. The minimum absolute atomic E-state index is 0.784. The van der Waals surface area contributed by atoms with Gasteiger partial charge in [-0.3, -0.25) is 4.68 Å². The number of rotatable bonds is 5. The SMILES string of the molecule is CC1CCC(CNC2CC2)C(Cc2cn(C)nn2)C1. The largest absolute Gasteiger partial charge is 0.314 e. The molecule has 1 aromatic heterocycles. The molecule has 3 unspecified atom stereocenters. The summed E-state index contributed by atoms with van der Waals surface area (Å²) < 4.78 is 1.82. The van der Waals surface area contributed by atoms with E-state index in [1.807, 2.05) is 11.7 Å². The molecule has 0 radical (unpaired) electrons. The fraction of sp³-hybridized carbons (Fsp3) is 0.867. The topological polar surface area (TPSA) is 42.7 Å². The molecule has 1 N–H and O–H groups in total. The van der Waals surface area contributed by atoms with Gasteiger partial charge in [0, 0.05) is 19.3 Å². The van der Waals surface area contributed by atoms with Crippen LogP contribution < -0.4 is 5.32 Å². The van der Waals surface area contributed by atoms with E-state index < -0.39 is 0 Å². The Morgan fingerprint density at radius 3 is 2.79 bits per heavy atom. The smallest absolute Gasteiger partial charge is 0.0829 e. The van der Waals surface area contributed by atoms with Gasteiger partial charge in [-0.25, -0.2) is 0 Å². The van der Waals surface area contributed by atoms with Crippen LogP contribution in [0.5, 0.6) is 0 Å². The van der Waals surface area contributed by atoms with Gasteiger partial charge in [0.15, 0.2) is 0 Å². The monoisotopic (exact) mass is 262 g/mol. The third-order valence-electron chi connectivity index (χ3n) is 4.77.